The van der Waals surface area contributed by atoms with Crippen molar-refractivity contribution in [3.05, 3.63) is 89.0 Å². The Morgan fingerprint density at radius 3 is 2.05 bits per heavy atom. The quantitative estimate of drug-likeness (QED) is 0.247. The lowest BCUT2D eigenvalue weighted by Gasteiger charge is -2.43. The van der Waals surface area contributed by atoms with Gasteiger partial charge in [-0.15, -0.1) is 0 Å². The molecule has 0 saturated carbocycles. The van der Waals surface area contributed by atoms with E-state index >= 15 is 0 Å². The van der Waals surface area contributed by atoms with Crippen molar-refractivity contribution in [1.82, 2.24) is 4.90 Å². The normalized spacial score (nSPS) is 19.4. The average molecular weight is 578 g/mol. The third-order valence-electron chi connectivity index (χ3n) is 7.96. The van der Waals surface area contributed by atoms with Crippen LogP contribution in [0.25, 0.3) is 11.1 Å². The first-order valence-corrected chi connectivity index (χ1v) is 14.0. The molecule has 2 nitrogen and oxygen atoms in total. The number of methoxy groups -OCH3 is 1. The number of likely N-dealkylation sites (tertiary alicyclic amines) is 1. The van der Waals surface area contributed by atoms with E-state index in [4.69, 9.17) is 4.74 Å². The monoisotopic (exact) mass is 577 g/mol. The molecule has 0 N–H and O–H groups in total. The van der Waals surface area contributed by atoms with E-state index in [0.717, 1.165) is 35.2 Å². The van der Waals surface area contributed by atoms with Gasteiger partial charge in [-0.3, -0.25) is 4.90 Å². The molecule has 1 heterocycles. The summed E-state index contributed by atoms with van der Waals surface area (Å²) < 4.78 is 88.0. The molecule has 0 aliphatic carbocycles. The number of piperidine rings is 1. The first-order chi connectivity index (χ1) is 19.3. The lowest BCUT2D eigenvalue weighted by atomic mass is 9.84. The van der Waals surface area contributed by atoms with Crippen LogP contribution >= 0.6 is 0 Å². The van der Waals surface area contributed by atoms with Gasteiger partial charge in [0, 0.05) is 12.6 Å². The SMILES string of the molecule is COc1ccc(CN2C(c3cc(-c4ccc(C(F)(F)F)cc4)cc(C(C)CC(C)C)c3)CCCC2C(F)(F)F)cc1. The molecule has 3 unspecified atom stereocenters. The molecule has 8 heteroatoms. The van der Waals surface area contributed by atoms with Crippen molar-refractivity contribution < 1.29 is 31.1 Å². The van der Waals surface area contributed by atoms with Crippen molar-refractivity contribution >= 4 is 0 Å². The molecule has 3 aromatic rings. The minimum atomic E-state index is -4.45. The first kappa shape index (κ1) is 30.9. The number of hydrogen-bond acceptors (Lipinski definition) is 2. The highest BCUT2D eigenvalue weighted by molar-refractivity contribution is 5.66. The molecule has 0 spiro atoms. The molecule has 0 bridgehead atoms. The largest absolute Gasteiger partial charge is 0.497 e. The van der Waals surface area contributed by atoms with Gasteiger partial charge in [0.1, 0.15) is 11.8 Å². The molecule has 41 heavy (non-hydrogen) atoms. The predicted molar refractivity (Wildman–Crippen MR) is 150 cm³/mol. The molecular formula is C33H37F6NO. The molecule has 1 fully saturated rings. The van der Waals surface area contributed by atoms with E-state index < -0.39 is 30.0 Å². The Balaban J connectivity index is 1.79. The zero-order chi connectivity index (χ0) is 29.9. The van der Waals surface area contributed by atoms with Gasteiger partial charge in [0.2, 0.25) is 0 Å². The Labute approximate surface area is 238 Å². The number of alkyl halides is 6. The molecule has 3 aromatic carbocycles. The van der Waals surface area contributed by atoms with Crippen LogP contribution < -0.4 is 4.74 Å². The zero-order valence-corrected chi connectivity index (χ0v) is 23.8. The fourth-order valence-electron chi connectivity index (χ4n) is 5.94. The lowest BCUT2D eigenvalue weighted by molar-refractivity contribution is -0.201. The van der Waals surface area contributed by atoms with Crippen molar-refractivity contribution in [2.45, 2.75) is 83.4 Å². The van der Waals surface area contributed by atoms with Gasteiger partial charge in [-0.2, -0.15) is 26.3 Å². The molecule has 3 atom stereocenters. The Morgan fingerprint density at radius 1 is 0.829 bits per heavy atom. The molecule has 4 rings (SSSR count). The topological polar surface area (TPSA) is 12.5 Å². The summed E-state index contributed by atoms with van der Waals surface area (Å²) in [6.07, 6.45) is -6.98. The fraction of sp³-hybridized carbons (Fsp3) is 0.455. The molecule has 0 aromatic heterocycles. The van der Waals surface area contributed by atoms with Gasteiger partial charge in [-0.1, -0.05) is 57.2 Å². The number of hydrogen-bond donors (Lipinski definition) is 0. The van der Waals surface area contributed by atoms with Crippen molar-refractivity contribution in [2.75, 3.05) is 7.11 Å². The third kappa shape index (κ3) is 7.64. The van der Waals surface area contributed by atoms with Gasteiger partial charge in [0.25, 0.3) is 0 Å². The highest BCUT2D eigenvalue weighted by Gasteiger charge is 2.47. The van der Waals surface area contributed by atoms with Crippen LogP contribution in [-0.2, 0) is 12.7 Å². The smallest absolute Gasteiger partial charge is 0.416 e. The maximum Gasteiger partial charge on any atom is 0.416 e. The molecule has 1 aliphatic heterocycles. The average Bonchev–Trinajstić information content (AvgIpc) is 2.92. The molecule has 1 aliphatic rings. The van der Waals surface area contributed by atoms with Gasteiger partial charge in [-0.05, 0) is 95.7 Å². The maximum absolute atomic E-state index is 14.4. The van der Waals surface area contributed by atoms with Crippen LogP contribution in [0.1, 0.15) is 80.7 Å². The van der Waals surface area contributed by atoms with E-state index in [-0.39, 0.29) is 18.9 Å². The summed E-state index contributed by atoms with van der Waals surface area (Å²) in [6, 6.07) is 15.8. The van der Waals surface area contributed by atoms with Crippen LogP contribution in [0.3, 0.4) is 0 Å². The van der Waals surface area contributed by atoms with Crippen LogP contribution in [0, 0.1) is 5.92 Å². The minimum Gasteiger partial charge on any atom is -0.497 e. The van der Waals surface area contributed by atoms with Crippen LogP contribution in [0.4, 0.5) is 26.3 Å². The molecule has 222 valence electrons. The predicted octanol–water partition coefficient (Wildman–Crippen LogP) is 10.2. The van der Waals surface area contributed by atoms with Gasteiger partial charge in [0.05, 0.1) is 12.7 Å². The van der Waals surface area contributed by atoms with Crippen LogP contribution in [-0.4, -0.2) is 24.2 Å². The Morgan fingerprint density at radius 2 is 1.49 bits per heavy atom. The van der Waals surface area contributed by atoms with Gasteiger partial charge < -0.3 is 4.74 Å². The number of halogens is 6. The summed E-state index contributed by atoms with van der Waals surface area (Å²) in [7, 11) is 1.54. The summed E-state index contributed by atoms with van der Waals surface area (Å²) in [4.78, 5) is 1.55. The number of ether oxygens (including phenoxy) is 1. The van der Waals surface area contributed by atoms with E-state index in [0.29, 0.717) is 35.6 Å². The van der Waals surface area contributed by atoms with Crippen LogP contribution in [0.5, 0.6) is 5.75 Å². The Kier molecular flexibility index (Phi) is 9.42. The van der Waals surface area contributed by atoms with E-state index in [1.807, 2.05) is 18.2 Å². The summed E-state index contributed by atoms with van der Waals surface area (Å²) in [5, 5.41) is 0. The molecular weight excluding hydrogens is 540 g/mol. The van der Waals surface area contributed by atoms with E-state index in [2.05, 4.69) is 20.8 Å². The van der Waals surface area contributed by atoms with Crippen LogP contribution in [0.15, 0.2) is 66.7 Å². The van der Waals surface area contributed by atoms with Crippen molar-refractivity contribution in [1.29, 1.82) is 0 Å². The van der Waals surface area contributed by atoms with Crippen molar-refractivity contribution in [3.63, 3.8) is 0 Å². The summed E-state index contributed by atoms with van der Waals surface area (Å²) >= 11 is 0. The molecule has 0 amide bonds. The first-order valence-electron chi connectivity index (χ1n) is 14.0. The van der Waals surface area contributed by atoms with Crippen molar-refractivity contribution in [3.8, 4) is 16.9 Å². The summed E-state index contributed by atoms with van der Waals surface area (Å²) in [5.41, 5.74) is 3.05. The number of nitrogens with zero attached hydrogens (tertiary/aromatic N) is 1. The summed E-state index contributed by atoms with van der Waals surface area (Å²) in [6.45, 7) is 6.43. The van der Waals surface area contributed by atoms with E-state index in [1.165, 1.54) is 19.2 Å². The number of rotatable bonds is 8. The molecule has 0 radical (unpaired) electrons. The second kappa shape index (κ2) is 12.5. The van der Waals surface area contributed by atoms with Gasteiger partial charge in [0.15, 0.2) is 0 Å². The second-order valence-electron chi connectivity index (χ2n) is 11.5. The fourth-order valence-corrected chi connectivity index (χ4v) is 5.94. The standard InChI is InChI=1S/C33H37F6NO/c1-21(2)16-22(3)25-17-26(24-10-12-28(13-11-24)32(34,35)36)19-27(18-25)30-6-5-7-31(33(37,38)39)40(30)20-23-8-14-29(41-4)15-9-23/h8-15,17-19,21-22,30-31H,5-7,16,20H2,1-4H3. The second-order valence-corrected chi connectivity index (χ2v) is 11.5. The Bertz CT molecular complexity index is 1280. The molecule has 1 saturated heterocycles. The highest BCUT2D eigenvalue weighted by atomic mass is 19.4. The Hall–Kier alpha value is -3.00. The van der Waals surface area contributed by atoms with Crippen LogP contribution in [0.2, 0.25) is 0 Å². The van der Waals surface area contributed by atoms with Gasteiger partial charge in [-0.25, -0.2) is 0 Å². The zero-order valence-electron chi connectivity index (χ0n) is 23.8. The van der Waals surface area contributed by atoms with Crippen molar-refractivity contribution in [2.24, 2.45) is 5.92 Å². The van der Waals surface area contributed by atoms with E-state index in [9.17, 15) is 26.3 Å². The minimum absolute atomic E-state index is 0.0192. The lowest BCUT2D eigenvalue weighted by Crippen LogP contribution is -2.49. The summed E-state index contributed by atoms with van der Waals surface area (Å²) in [5.74, 6) is 1.16. The van der Waals surface area contributed by atoms with E-state index in [1.54, 1.807) is 29.2 Å². The van der Waals surface area contributed by atoms with Gasteiger partial charge >= 0.3 is 12.4 Å². The number of benzene rings is 3. The maximum atomic E-state index is 14.4. The highest BCUT2D eigenvalue weighted by Crippen LogP contribution is 2.44. The third-order valence-corrected chi connectivity index (χ3v) is 7.96.